The fourth-order valence-electron chi connectivity index (χ4n) is 1.97. The number of hydrogen-bond acceptors (Lipinski definition) is 2. The maximum Gasteiger partial charge on any atom is 0.222 e. The minimum absolute atomic E-state index is 0.294. The van der Waals surface area contributed by atoms with Gasteiger partial charge in [-0.25, -0.2) is 0 Å². The molecule has 1 rings (SSSR count). The monoisotopic (exact) mass is 224 g/mol. The molecular formula is C13H24N2O. The van der Waals surface area contributed by atoms with E-state index in [4.69, 9.17) is 0 Å². The molecule has 1 amide bonds. The highest BCUT2D eigenvalue weighted by atomic mass is 16.2. The van der Waals surface area contributed by atoms with Crippen LogP contribution in [0.25, 0.3) is 0 Å². The van der Waals surface area contributed by atoms with Gasteiger partial charge in [0.25, 0.3) is 0 Å². The first-order valence-corrected chi connectivity index (χ1v) is 6.28. The van der Waals surface area contributed by atoms with Crippen molar-refractivity contribution in [1.29, 1.82) is 0 Å². The number of amides is 1. The van der Waals surface area contributed by atoms with Gasteiger partial charge < -0.3 is 10.2 Å². The van der Waals surface area contributed by atoms with Gasteiger partial charge in [-0.3, -0.25) is 4.79 Å². The van der Waals surface area contributed by atoms with E-state index in [1.165, 1.54) is 0 Å². The summed E-state index contributed by atoms with van der Waals surface area (Å²) >= 11 is 0. The van der Waals surface area contributed by atoms with Crippen molar-refractivity contribution in [3.8, 4) is 0 Å². The number of carbonyl (C=O) groups excluding carboxylic acids is 1. The summed E-state index contributed by atoms with van der Waals surface area (Å²) in [5, 5.41) is 3.24. The molecule has 1 fully saturated rings. The van der Waals surface area contributed by atoms with Crippen molar-refractivity contribution < 1.29 is 4.79 Å². The molecule has 1 N–H and O–H groups in total. The number of likely N-dealkylation sites (tertiary alicyclic amines) is 1. The summed E-state index contributed by atoms with van der Waals surface area (Å²) in [4.78, 5) is 13.8. The van der Waals surface area contributed by atoms with Crippen molar-refractivity contribution in [3.63, 3.8) is 0 Å². The van der Waals surface area contributed by atoms with Gasteiger partial charge in [-0.15, -0.1) is 0 Å². The fourth-order valence-corrected chi connectivity index (χ4v) is 1.97. The van der Waals surface area contributed by atoms with Crippen LogP contribution in [-0.2, 0) is 4.79 Å². The predicted molar refractivity (Wildman–Crippen MR) is 67.3 cm³/mol. The van der Waals surface area contributed by atoms with Crippen molar-refractivity contribution in [2.75, 3.05) is 26.2 Å². The number of nitrogens with one attached hydrogen (secondary N) is 1. The molecule has 0 aliphatic carbocycles. The number of rotatable bonds is 5. The molecule has 0 aromatic carbocycles. The number of likely N-dealkylation sites (N-methyl/N-ethyl adjacent to an activating group) is 1. The van der Waals surface area contributed by atoms with Crippen LogP contribution >= 0.6 is 0 Å². The zero-order valence-electron chi connectivity index (χ0n) is 10.6. The second kappa shape index (κ2) is 6.69. The minimum atomic E-state index is 0.294. The molecule has 1 saturated heterocycles. The van der Waals surface area contributed by atoms with Gasteiger partial charge in [0.15, 0.2) is 0 Å². The molecule has 3 nitrogen and oxygen atoms in total. The Bertz CT molecular complexity index is 250. The number of hydrogen-bond donors (Lipinski definition) is 1. The summed E-state index contributed by atoms with van der Waals surface area (Å²) < 4.78 is 0. The molecule has 1 aliphatic heterocycles. The van der Waals surface area contributed by atoms with Crippen LogP contribution in [0.15, 0.2) is 12.2 Å². The van der Waals surface area contributed by atoms with Gasteiger partial charge in [-0.1, -0.05) is 20.4 Å². The first-order valence-electron chi connectivity index (χ1n) is 6.28. The zero-order chi connectivity index (χ0) is 12.0. The highest BCUT2D eigenvalue weighted by Gasteiger charge is 2.20. The Morgan fingerprint density at radius 1 is 1.56 bits per heavy atom. The Morgan fingerprint density at radius 2 is 2.31 bits per heavy atom. The summed E-state index contributed by atoms with van der Waals surface area (Å²) in [6.07, 6.45) is 2.87. The molecular weight excluding hydrogens is 200 g/mol. The highest BCUT2D eigenvalue weighted by molar-refractivity contribution is 5.76. The summed E-state index contributed by atoms with van der Waals surface area (Å²) in [5.74, 6) is 0.970. The van der Waals surface area contributed by atoms with Crippen LogP contribution in [-0.4, -0.2) is 37.0 Å². The molecule has 0 bridgehead atoms. The van der Waals surface area contributed by atoms with Crippen LogP contribution in [0.3, 0.4) is 0 Å². The Kier molecular flexibility index (Phi) is 5.53. The Labute approximate surface area is 98.9 Å². The Balaban J connectivity index is 2.39. The molecule has 16 heavy (non-hydrogen) atoms. The van der Waals surface area contributed by atoms with Gasteiger partial charge in [0.05, 0.1) is 0 Å². The van der Waals surface area contributed by atoms with Gasteiger partial charge in [0.1, 0.15) is 0 Å². The van der Waals surface area contributed by atoms with Crippen molar-refractivity contribution in [1.82, 2.24) is 10.2 Å². The third-order valence-electron chi connectivity index (χ3n) is 3.13. The summed E-state index contributed by atoms with van der Waals surface area (Å²) in [6.45, 7) is 11.7. The van der Waals surface area contributed by atoms with Crippen LogP contribution < -0.4 is 5.32 Å². The molecule has 1 aliphatic rings. The lowest BCUT2D eigenvalue weighted by molar-refractivity contribution is -0.130. The van der Waals surface area contributed by atoms with E-state index >= 15 is 0 Å². The van der Waals surface area contributed by atoms with Crippen LogP contribution in [0.1, 0.15) is 33.1 Å². The second-order valence-corrected chi connectivity index (χ2v) is 4.78. The van der Waals surface area contributed by atoms with E-state index in [1.807, 2.05) is 4.90 Å². The lowest BCUT2D eigenvalue weighted by Crippen LogP contribution is -2.34. The smallest absolute Gasteiger partial charge is 0.222 e. The zero-order valence-corrected chi connectivity index (χ0v) is 10.6. The topological polar surface area (TPSA) is 32.3 Å². The van der Waals surface area contributed by atoms with E-state index in [0.29, 0.717) is 18.2 Å². The SMILES string of the molecule is C=C(CNCC)CN1CCC(C)CCC1=O. The molecule has 0 radical (unpaired) electrons. The lowest BCUT2D eigenvalue weighted by Gasteiger charge is -2.22. The summed E-state index contributed by atoms with van der Waals surface area (Å²) in [7, 11) is 0. The standard InChI is InChI=1S/C13H24N2O/c1-4-14-9-12(3)10-15-8-7-11(2)5-6-13(15)16/h11,14H,3-10H2,1-2H3. The third-order valence-corrected chi connectivity index (χ3v) is 3.13. The molecule has 1 heterocycles. The quantitative estimate of drug-likeness (QED) is 0.722. The van der Waals surface area contributed by atoms with E-state index in [1.54, 1.807) is 0 Å². The van der Waals surface area contributed by atoms with E-state index in [-0.39, 0.29) is 0 Å². The normalized spacial score (nSPS) is 22.0. The molecule has 1 unspecified atom stereocenters. The second-order valence-electron chi connectivity index (χ2n) is 4.78. The van der Waals surface area contributed by atoms with Gasteiger partial charge in [0.2, 0.25) is 5.91 Å². The Hall–Kier alpha value is -0.830. The predicted octanol–water partition coefficient (Wildman–Crippen LogP) is 1.80. The maximum absolute atomic E-state index is 11.8. The molecule has 0 aromatic heterocycles. The van der Waals surface area contributed by atoms with Gasteiger partial charge >= 0.3 is 0 Å². The Morgan fingerprint density at radius 3 is 3.00 bits per heavy atom. The number of nitrogens with zero attached hydrogens (tertiary/aromatic N) is 1. The molecule has 1 atom stereocenters. The summed E-state index contributed by atoms with van der Waals surface area (Å²) in [5.41, 5.74) is 1.10. The molecule has 3 heteroatoms. The van der Waals surface area contributed by atoms with Crippen molar-refractivity contribution in [2.24, 2.45) is 5.92 Å². The van der Waals surface area contributed by atoms with E-state index in [0.717, 1.165) is 44.6 Å². The fraction of sp³-hybridized carbons (Fsp3) is 0.769. The average Bonchev–Trinajstić information content (AvgIpc) is 2.41. The highest BCUT2D eigenvalue weighted by Crippen LogP contribution is 2.17. The lowest BCUT2D eigenvalue weighted by atomic mass is 10.0. The number of carbonyl (C=O) groups is 1. The molecule has 0 spiro atoms. The molecule has 0 aromatic rings. The van der Waals surface area contributed by atoms with Gasteiger partial charge in [-0.05, 0) is 30.9 Å². The molecule has 92 valence electrons. The first kappa shape index (κ1) is 13.2. The minimum Gasteiger partial charge on any atom is -0.339 e. The van der Waals surface area contributed by atoms with E-state index in [9.17, 15) is 4.79 Å². The van der Waals surface area contributed by atoms with Crippen LogP contribution in [0.2, 0.25) is 0 Å². The van der Waals surface area contributed by atoms with Gasteiger partial charge in [-0.2, -0.15) is 0 Å². The van der Waals surface area contributed by atoms with Crippen molar-refractivity contribution in [2.45, 2.75) is 33.1 Å². The van der Waals surface area contributed by atoms with Crippen molar-refractivity contribution in [3.05, 3.63) is 12.2 Å². The molecule has 0 saturated carbocycles. The first-order chi connectivity index (χ1) is 7.63. The van der Waals surface area contributed by atoms with Gasteiger partial charge in [0, 0.05) is 26.1 Å². The largest absolute Gasteiger partial charge is 0.339 e. The van der Waals surface area contributed by atoms with E-state index in [2.05, 4.69) is 25.7 Å². The third kappa shape index (κ3) is 4.35. The van der Waals surface area contributed by atoms with E-state index < -0.39 is 0 Å². The summed E-state index contributed by atoms with van der Waals surface area (Å²) in [6, 6.07) is 0. The van der Waals surface area contributed by atoms with Crippen molar-refractivity contribution >= 4 is 5.91 Å². The van der Waals surface area contributed by atoms with Crippen LogP contribution in [0.5, 0.6) is 0 Å². The maximum atomic E-state index is 11.8. The van der Waals surface area contributed by atoms with Crippen LogP contribution in [0.4, 0.5) is 0 Å². The average molecular weight is 224 g/mol. The van der Waals surface area contributed by atoms with Crippen LogP contribution in [0, 0.1) is 5.92 Å².